The van der Waals surface area contributed by atoms with Crippen molar-refractivity contribution >= 4 is 33.9 Å². The smallest absolute Gasteiger partial charge is 0.209 e. The number of tetrazole rings is 1. The molecule has 1 N–H and O–H groups in total. The van der Waals surface area contributed by atoms with E-state index in [-0.39, 0.29) is 0 Å². The largest absolute Gasteiger partial charge is 0.332 e. The van der Waals surface area contributed by atoms with Crippen LogP contribution >= 0.6 is 23.1 Å². The maximum atomic E-state index is 4.60. The van der Waals surface area contributed by atoms with Crippen molar-refractivity contribution in [2.45, 2.75) is 29.8 Å². The van der Waals surface area contributed by atoms with Crippen LogP contribution in [0.4, 0.5) is 10.8 Å². The first kappa shape index (κ1) is 13.7. The minimum absolute atomic E-state index is 0.503. The Morgan fingerprint density at radius 2 is 2.14 bits per heavy atom. The summed E-state index contributed by atoms with van der Waals surface area (Å²) in [5.74, 6) is 0.778. The highest BCUT2D eigenvalue weighted by Crippen LogP contribution is 2.37. The Bertz CT molecular complexity index is 750. The summed E-state index contributed by atoms with van der Waals surface area (Å²) < 4.78 is 1.93. The van der Waals surface area contributed by atoms with Crippen molar-refractivity contribution in [1.29, 1.82) is 0 Å². The first-order valence-electron chi connectivity index (χ1n) is 7.05. The van der Waals surface area contributed by atoms with Gasteiger partial charge < -0.3 is 5.32 Å². The molecule has 2 heterocycles. The summed E-state index contributed by atoms with van der Waals surface area (Å²) in [4.78, 5) is 4.60. The van der Waals surface area contributed by atoms with E-state index in [1.54, 1.807) is 23.1 Å². The monoisotopic (exact) mass is 330 g/mol. The van der Waals surface area contributed by atoms with Crippen LogP contribution < -0.4 is 5.32 Å². The summed E-state index contributed by atoms with van der Waals surface area (Å²) in [6.45, 7) is 0. The predicted octanol–water partition coefficient (Wildman–Crippen LogP) is 3.50. The fourth-order valence-corrected chi connectivity index (χ4v) is 3.72. The highest BCUT2D eigenvalue weighted by atomic mass is 32.2. The van der Waals surface area contributed by atoms with Crippen LogP contribution in [-0.2, 0) is 5.75 Å². The third kappa shape index (κ3) is 3.12. The number of anilines is 2. The highest BCUT2D eigenvalue weighted by Gasteiger charge is 2.27. The summed E-state index contributed by atoms with van der Waals surface area (Å²) in [5.41, 5.74) is 2.09. The topological polar surface area (TPSA) is 68.5 Å². The number of nitrogens with zero attached hydrogens (tertiary/aromatic N) is 5. The molecule has 112 valence electrons. The van der Waals surface area contributed by atoms with Gasteiger partial charge in [0.15, 0.2) is 5.13 Å². The molecule has 1 aromatic carbocycles. The van der Waals surface area contributed by atoms with E-state index in [1.165, 1.54) is 12.8 Å². The predicted molar refractivity (Wildman–Crippen MR) is 87.5 cm³/mol. The molecule has 6 nitrogen and oxygen atoms in total. The summed E-state index contributed by atoms with van der Waals surface area (Å²) in [6, 6.07) is 10.6. The number of thioether (sulfide) groups is 1. The van der Waals surface area contributed by atoms with Gasteiger partial charge in [-0.3, -0.25) is 0 Å². The molecule has 8 heteroatoms. The minimum atomic E-state index is 0.503. The molecule has 0 spiro atoms. The SMILES string of the molecule is c1ccc(Nc2nc(CSc3nnnn3C3CC3)cs2)cc1. The zero-order chi connectivity index (χ0) is 14.8. The second-order valence-electron chi connectivity index (χ2n) is 5.06. The number of hydrogen-bond donors (Lipinski definition) is 1. The summed E-state index contributed by atoms with van der Waals surface area (Å²) in [7, 11) is 0. The molecule has 1 aliphatic rings. The summed E-state index contributed by atoms with van der Waals surface area (Å²) in [5, 5.41) is 19.1. The molecule has 22 heavy (non-hydrogen) atoms. The zero-order valence-electron chi connectivity index (χ0n) is 11.7. The highest BCUT2D eigenvalue weighted by molar-refractivity contribution is 7.98. The maximum absolute atomic E-state index is 4.60. The lowest BCUT2D eigenvalue weighted by Crippen LogP contribution is -1.98. The van der Waals surface area contributed by atoms with Gasteiger partial charge >= 0.3 is 0 Å². The van der Waals surface area contributed by atoms with Crippen LogP contribution in [0, 0.1) is 0 Å². The number of aromatic nitrogens is 5. The van der Waals surface area contributed by atoms with Crippen molar-refractivity contribution in [3.05, 3.63) is 41.4 Å². The third-order valence-corrected chi connectivity index (χ3v) is 5.05. The Labute approximate surface area is 136 Å². The molecular formula is C14H14N6S2. The minimum Gasteiger partial charge on any atom is -0.332 e. The van der Waals surface area contributed by atoms with Gasteiger partial charge in [0.1, 0.15) is 0 Å². The first-order chi connectivity index (χ1) is 10.9. The van der Waals surface area contributed by atoms with Crippen molar-refractivity contribution < 1.29 is 0 Å². The number of rotatable bonds is 6. The van der Waals surface area contributed by atoms with E-state index < -0.39 is 0 Å². The Morgan fingerprint density at radius 3 is 2.95 bits per heavy atom. The van der Waals surface area contributed by atoms with Gasteiger partial charge in [-0.2, -0.15) is 0 Å². The van der Waals surface area contributed by atoms with E-state index in [0.29, 0.717) is 6.04 Å². The Morgan fingerprint density at radius 1 is 1.27 bits per heavy atom. The van der Waals surface area contributed by atoms with Gasteiger partial charge in [-0.1, -0.05) is 30.0 Å². The molecule has 0 unspecified atom stereocenters. The number of benzene rings is 1. The maximum Gasteiger partial charge on any atom is 0.209 e. The average molecular weight is 330 g/mol. The molecular weight excluding hydrogens is 316 g/mol. The Hall–Kier alpha value is -1.93. The fraction of sp³-hybridized carbons (Fsp3) is 0.286. The van der Waals surface area contributed by atoms with Crippen molar-refractivity contribution in [1.82, 2.24) is 25.2 Å². The molecule has 0 atom stereocenters. The van der Waals surface area contributed by atoms with Gasteiger partial charge in [0.05, 0.1) is 11.7 Å². The zero-order valence-corrected chi connectivity index (χ0v) is 13.3. The Kier molecular flexibility index (Phi) is 3.77. The molecule has 0 saturated heterocycles. The van der Waals surface area contributed by atoms with Crippen LogP contribution in [0.25, 0.3) is 0 Å². The molecule has 1 fully saturated rings. The first-order valence-corrected chi connectivity index (χ1v) is 8.92. The van der Waals surface area contributed by atoms with E-state index in [4.69, 9.17) is 0 Å². The van der Waals surface area contributed by atoms with Crippen molar-refractivity contribution in [3.63, 3.8) is 0 Å². The van der Waals surface area contributed by atoms with Crippen molar-refractivity contribution in [2.75, 3.05) is 5.32 Å². The molecule has 3 aromatic rings. The second-order valence-corrected chi connectivity index (χ2v) is 6.86. The van der Waals surface area contributed by atoms with E-state index in [2.05, 4.69) is 31.2 Å². The van der Waals surface area contributed by atoms with Gasteiger partial charge in [-0.05, 0) is 35.4 Å². The van der Waals surface area contributed by atoms with E-state index in [9.17, 15) is 0 Å². The van der Waals surface area contributed by atoms with Crippen LogP contribution in [-0.4, -0.2) is 25.2 Å². The van der Waals surface area contributed by atoms with E-state index in [1.807, 2.05) is 35.0 Å². The van der Waals surface area contributed by atoms with Crippen molar-refractivity contribution in [2.24, 2.45) is 0 Å². The second kappa shape index (κ2) is 6.05. The van der Waals surface area contributed by atoms with Crippen LogP contribution in [0.1, 0.15) is 24.6 Å². The van der Waals surface area contributed by atoms with Crippen LogP contribution in [0.5, 0.6) is 0 Å². The normalized spacial score (nSPS) is 14.2. The lowest BCUT2D eigenvalue weighted by molar-refractivity contribution is 0.565. The van der Waals surface area contributed by atoms with Crippen LogP contribution in [0.3, 0.4) is 0 Å². The number of thiazole rings is 1. The molecule has 0 amide bonds. The van der Waals surface area contributed by atoms with Gasteiger partial charge in [-0.15, -0.1) is 16.4 Å². The number of hydrogen-bond acceptors (Lipinski definition) is 7. The van der Waals surface area contributed by atoms with Crippen LogP contribution in [0.15, 0.2) is 40.9 Å². The molecule has 2 aromatic heterocycles. The lowest BCUT2D eigenvalue weighted by Gasteiger charge is -2.01. The molecule has 1 aliphatic carbocycles. The quantitative estimate of drug-likeness (QED) is 0.698. The summed E-state index contributed by atoms with van der Waals surface area (Å²) >= 11 is 3.25. The molecule has 4 rings (SSSR count). The van der Waals surface area contributed by atoms with Gasteiger partial charge in [0.25, 0.3) is 0 Å². The fourth-order valence-electron chi connectivity index (χ4n) is 2.04. The lowest BCUT2D eigenvalue weighted by atomic mass is 10.3. The molecule has 0 aliphatic heterocycles. The standard InChI is InChI=1S/C14H14N6S2/c1-2-4-10(5-3-1)15-13-16-11(8-21-13)9-22-14-17-18-19-20(14)12-6-7-12/h1-5,8,12H,6-7,9H2,(H,15,16). The number of para-hydroxylation sites is 1. The van der Waals surface area contributed by atoms with E-state index in [0.717, 1.165) is 27.4 Å². The van der Waals surface area contributed by atoms with Gasteiger partial charge in [0, 0.05) is 16.8 Å². The van der Waals surface area contributed by atoms with Crippen LogP contribution in [0.2, 0.25) is 0 Å². The third-order valence-electron chi connectivity index (χ3n) is 3.28. The van der Waals surface area contributed by atoms with Crippen molar-refractivity contribution in [3.8, 4) is 0 Å². The number of nitrogens with one attached hydrogen (secondary N) is 1. The van der Waals surface area contributed by atoms with Gasteiger partial charge in [-0.25, -0.2) is 9.67 Å². The molecule has 0 radical (unpaired) electrons. The molecule has 0 bridgehead atoms. The molecule has 1 saturated carbocycles. The Balaban J connectivity index is 1.38. The average Bonchev–Trinajstić information content (AvgIpc) is 3.11. The van der Waals surface area contributed by atoms with E-state index >= 15 is 0 Å². The summed E-state index contributed by atoms with van der Waals surface area (Å²) in [6.07, 6.45) is 2.36. The van der Waals surface area contributed by atoms with Gasteiger partial charge in [0.2, 0.25) is 5.16 Å².